The normalized spacial score (nSPS) is 30.8. The van der Waals surface area contributed by atoms with Crippen molar-refractivity contribution < 1.29 is 5.11 Å². The Balaban J connectivity index is 1.88. The number of benzene rings is 2. The van der Waals surface area contributed by atoms with E-state index in [1.165, 1.54) is 0 Å². The first-order chi connectivity index (χ1) is 10.2. The molecule has 0 saturated heterocycles. The van der Waals surface area contributed by atoms with Gasteiger partial charge in [0.25, 0.3) is 0 Å². The summed E-state index contributed by atoms with van der Waals surface area (Å²) >= 11 is 6.15. The van der Waals surface area contributed by atoms with Crippen LogP contribution >= 0.6 is 11.6 Å². The van der Waals surface area contributed by atoms with Crippen LogP contribution in [0.15, 0.2) is 48.5 Å². The molecule has 0 aliphatic heterocycles. The summed E-state index contributed by atoms with van der Waals surface area (Å²) in [6.45, 7) is 0. The minimum absolute atomic E-state index is 0.419. The molecule has 0 atom stereocenters. The number of fused-ring (bicyclic) bond motifs is 2. The average Bonchev–Trinajstić information content (AvgIpc) is 3.01. The zero-order valence-electron chi connectivity index (χ0n) is 11.9. The van der Waals surface area contributed by atoms with Gasteiger partial charge in [0.2, 0.25) is 0 Å². The Labute approximate surface area is 130 Å². The first kappa shape index (κ1) is 13.4. The topological polar surface area (TPSA) is 20.2 Å². The van der Waals surface area contributed by atoms with Gasteiger partial charge < -0.3 is 5.11 Å². The molecule has 0 aromatic heterocycles. The molecule has 1 nitrogen and oxygen atoms in total. The lowest BCUT2D eigenvalue weighted by Crippen LogP contribution is -2.31. The van der Waals surface area contributed by atoms with Gasteiger partial charge in [-0.05, 0) is 66.3 Å². The van der Waals surface area contributed by atoms with Crippen LogP contribution in [0.25, 0.3) is 11.1 Å². The van der Waals surface area contributed by atoms with Crippen LogP contribution in [0.2, 0.25) is 5.02 Å². The van der Waals surface area contributed by atoms with Gasteiger partial charge in [-0.2, -0.15) is 0 Å². The molecular weight excluding hydrogens is 280 g/mol. The number of aliphatic hydroxyl groups is 1. The third-order valence-electron chi connectivity index (χ3n) is 5.47. The van der Waals surface area contributed by atoms with Crippen LogP contribution in [-0.4, -0.2) is 5.11 Å². The molecule has 2 fully saturated rings. The van der Waals surface area contributed by atoms with Gasteiger partial charge in [-0.1, -0.05) is 48.0 Å². The van der Waals surface area contributed by atoms with E-state index in [0.29, 0.717) is 11.8 Å². The van der Waals surface area contributed by atoms with Crippen LogP contribution in [0.4, 0.5) is 0 Å². The van der Waals surface area contributed by atoms with E-state index >= 15 is 0 Å². The molecule has 1 N–H and O–H groups in total. The van der Waals surface area contributed by atoms with Crippen molar-refractivity contribution in [1.82, 2.24) is 0 Å². The molecular formula is C19H19ClO. The third-order valence-corrected chi connectivity index (χ3v) is 5.70. The Hall–Kier alpha value is -1.31. The van der Waals surface area contributed by atoms with Gasteiger partial charge in [0.1, 0.15) is 0 Å². The Kier molecular flexibility index (Phi) is 3.09. The first-order valence-electron chi connectivity index (χ1n) is 7.77. The summed E-state index contributed by atoms with van der Waals surface area (Å²) in [5.41, 5.74) is 2.68. The summed E-state index contributed by atoms with van der Waals surface area (Å²) in [5, 5.41) is 12.2. The summed E-state index contributed by atoms with van der Waals surface area (Å²) in [6.07, 6.45) is 4.63. The molecule has 2 aromatic rings. The average molecular weight is 299 g/mol. The molecule has 4 rings (SSSR count). The van der Waals surface area contributed by atoms with Crippen LogP contribution in [0, 0.1) is 11.8 Å². The monoisotopic (exact) mass is 298 g/mol. The van der Waals surface area contributed by atoms with E-state index in [-0.39, 0.29) is 0 Å². The van der Waals surface area contributed by atoms with Crippen molar-refractivity contribution in [3.05, 3.63) is 59.1 Å². The van der Waals surface area contributed by atoms with Crippen molar-refractivity contribution in [2.24, 2.45) is 11.8 Å². The lowest BCUT2D eigenvalue weighted by molar-refractivity contribution is -0.00965. The van der Waals surface area contributed by atoms with E-state index in [4.69, 9.17) is 11.6 Å². The van der Waals surface area contributed by atoms with E-state index < -0.39 is 5.60 Å². The van der Waals surface area contributed by atoms with Gasteiger partial charge in [-0.15, -0.1) is 0 Å². The smallest absolute Gasteiger partial charge is 0.0958 e. The van der Waals surface area contributed by atoms with Gasteiger partial charge >= 0.3 is 0 Å². The zero-order chi connectivity index (χ0) is 14.4. The molecule has 0 radical (unpaired) electrons. The number of halogens is 1. The largest absolute Gasteiger partial charge is 0.385 e. The van der Waals surface area contributed by atoms with Crippen LogP contribution in [-0.2, 0) is 5.60 Å². The Morgan fingerprint density at radius 2 is 1.57 bits per heavy atom. The predicted molar refractivity (Wildman–Crippen MR) is 86.2 cm³/mol. The van der Waals surface area contributed by atoms with Gasteiger partial charge in [0, 0.05) is 5.02 Å². The summed E-state index contributed by atoms with van der Waals surface area (Å²) in [6, 6.07) is 16.2. The van der Waals surface area contributed by atoms with Crippen LogP contribution in [0.3, 0.4) is 0 Å². The molecule has 2 aromatic carbocycles. The van der Waals surface area contributed by atoms with Gasteiger partial charge in [0.05, 0.1) is 5.60 Å². The van der Waals surface area contributed by atoms with Crippen molar-refractivity contribution in [2.75, 3.05) is 0 Å². The standard InChI is InChI=1S/C19H19ClO/c20-16-5-3-4-13(12-16)17-6-1-2-7-18(17)19(21)14-8-9-15(19)11-10-14/h1-7,12,14-15,21H,8-11H2. The molecule has 0 spiro atoms. The van der Waals surface area contributed by atoms with E-state index in [2.05, 4.69) is 18.2 Å². The highest BCUT2D eigenvalue weighted by Gasteiger charge is 2.54. The molecule has 2 bridgehead atoms. The SMILES string of the molecule is OC1(c2ccccc2-c2cccc(Cl)c2)C2CCC1CC2. The first-order valence-corrected chi connectivity index (χ1v) is 8.15. The minimum atomic E-state index is -0.640. The summed E-state index contributed by atoms with van der Waals surface area (Å²) in [7, 11) is 0. The summed E-state index contributed by atoms with van der Waals surface area (Å²) in [4.78, 5) is 0. The molecule has 2 heteroatoms. The molecule has 2 aliphatic rings. The van der Waals surface area contributed by atoms with E-state index in [0.717, 1.165) is 47.4 Å². The quantitative estimate of drug-likeness (QED) is 0.826. The second kappa shape index (κ2) is 4.86. The van der Waals surface area contributed by atoms with Gasteiger partial charge in [0.15, 0.2) is 0 Å². The van der Waals surface area contributed by atoms with E-state index in [1.54, 1.807) is 0 Å². The lowest BCUT2D eigenvalue weighted by atomic mass is 9.80. The highest BCUT2D eigenvalue weighted by molar-refractivity contribution is 6.30. The molecule has 0 amide bonds. The van der Waals surface area contributed by atoms with Gasteiger partial charge in [-0.25, -0.2) is 0 Å². The Morgan fingerprint density at radius 1 is 0.905 bits per heavy atom. The maximum Gasteiger partial charge on any atom is 0.0958 e. The second-order valence-electron chi connectivity index (χ2n) is 6.43. The third kappa shape index (κ3) is 1.95. The Bertz CT molecular complexity index is 659. The molecule has 108 valence electrons. The zero-order valence-corrected chi connectivity index (χ0v) is 12.7. The molecule has 2 saturated carbocycles. The maximum atomic E-state index is 11.4. The van der Waals surface area contributed by atoms with Crippen LogP contribution in [0.1, 0.15) is 31.2 Å². The number of hydrogen-bond acceptors (Lipinski definition) is 1. The van der Waals surface area contributed by atoms with Crippen LogP contribution in [0.5, 0.6) is 0 Å². The maximum absolute atomic E-state index is 11.4. The van der Waals surface area contributed by atoms with Crippen molar-refractivity contribution in [3.63, 3.8) is 0 Å². The fourth-order valence-electron chi connectivity index (χ4n) is 4.49. The lowest BCUT2D eigenvalue weighted by Gasteiger charge is -2.31. The number of hydrogen-bond donors (Lipinski definition) is 1. The molecule has 0 heterocycles. The summed E-state index contributed by atoms with van der Waals surface area (Å²) < 4.78 is 0. The van der Waals surface area contributed by atoms with Crippen molar-refractivity contribution in [3.8, 4) is 11.1 Å². The fraction of sp³-hybridized carbons (Fsp3) is 0.368. The molecule has 0 unspecified atom stereocenters. The summed E-state index contributed by atoms with van der Waals surface area (Å²) in [5.74, 6) is 0.839. The van der Waals surface area contributed by atoms with Crippen molar-refractivity contribution in [1.29, 1.82) is 0 Å². The van der Waals surface area contributed by atoms with E-state index in [9.17, 15) is 5.11 Å². The fourth-order valence-corrected chi connectivity index (χ4v) is 4.68. The predicted octanol–water partition coefficient (Wildman–Crippen LogP) is 5.01. The Morgan fingerprint density at radius 3 is 2.24 bits per heavy atom. The van der Waals surface area contributed by atoms with Crippen molar-refractivity contribution >= 4 is 11.6 Å². The van der Waals surface area contributed by atoms with Crippen molar-refractivity contribution in [2.45, 2.75) is 31.3 Å². The molecule has 21 heavy (non-hydrogen) atoms. The number of rotatable bonds is 2. The minimum Gasteiger partial charge on any atom is -0.385 e. The van der Waals surface area contributed by atoms with Gasteiger partial charge in [-0.3, -0.25) is 0 Å². The second-order valence-corrected chi connectivity index (χ2v) is 6.87. The molecule has 2 aliphatic carbocycles. The van der Waals surface area contributed by atoms with Crippen LogP contribution < -0.4 is 0 Å². The highest BCUT2D eigenvalue weighted by Crippen LogP contribution is 2.58. The van der Waals surface area contributed by atoms with E-state index in [1.807, 2.05) is 30.3 Å². The highest BCUT2D eigenvalue weighted by atomic mass is 35.5.